The van der Waals surface area contributed by atoms with Gasteiger partial charge >= 0.3 is 0 Å². The molecule has 0 atom stereocenters. The molecule has 0 unspecified atom stereocenters. The van der Waals surface area contributed by atoms with Crippen molar-refractivity contribution in [2.24, 2.45) is 0 Å². The van der Waals surface area contributed by atoms with Gasteiger partial charge in [-0.3, -0.25) is 10.1 Å². The first-order valence-electron chi connectivity index (χ1n) is 5.82. The Morgan fingerprint density at radius 1 is 1.37 bits per heavy atom. The van der Waals surface area contributed by atoms with Crippen LogP contribution in [-0.4, -0.2) is 20.9 Å². The standard InChI is InChI=1S/C15H14N4/c1-4-14-13(9-10(2)11(3)16)15(19-18-14)12-5-7-17-8-6-12/h1,5-9,16H,2-3H3,(H,18,19). The van der Waals surface area contributed by atoms with Gasteiger partial charge in [-0.1, -0.05) is 5.92 Å². The minimum atomic E-state index is 0.504. The number of nitrogens with one attached hydrogen (secondary N) is 2. The van der Waals surface area contributed by atoms with Gasteiger partial charge in [0.2, 0.25) is 0 Å². The molecule has 4 nitrogen and oxygen atoms in total. The van der Waals surface area contributed by atoms with E-state index in [1.165, 1.54) is 0 Å². The van der Waals surface area contributed by atoms with Crippen molar-refractivity contribution >= 4 is 11.8 Å². The highest BCUT2D eigenvalue weighted by atomic mass is 15.1. The summed E-state index contributed by atoms with van der Waals surface area (Å²) in [6.07, 6.45) is 10.8. The van der Waals surface area contributed by atoms with Crippen LogP contribution in [0.1, 0.15) is 25.1 Å². The Bertz CT molecular complexity index is 672. The fraction of sp³-hybridized carbons (Fsp3) is 0.133. The van der Waals surface area contributed by atoms with E-state index in [2.05, 4.69) is 21.1 Å². The van der Waals surface area contributed by atoms with Gasteiger partial charge < -0.3 is 5.41 Å². The topological polar surface area (TPSA) is 65.4 Å². The van der Waals surface area contributed by atoms with Gasteiger partial charge in [0.1, 0.15) is 11.4 Å². The normalized spacial score (nSPS) is 11.1. The number of rotatable bonds is 3. The molecular weight excluding hydrogens is 236 g/mol. The van der Waals surface area contributed by atoms with E-state index in [0.717, 1.165) is 22.4 Å². The van der Waals surface area contributed by atoms with Crippen LogP contribution < -0.4 is 0 Å². The van der Waals surface area contributed by atoms with E-state index in [9.17, 15) is 0 Å². The highest BCUT2D eigenvalue weighted by Gasteiger charge is 2.12. The van der Waals surface area contributed by atoms with E-state index in [1.54, 1.807) is 19.3 Å². The van der Waals surface area contributed by atoms with Crippen LogP contribution in [-0.2, 0) is 0 Å². The minimum absolute atomic E-state index is 0.504. The van der Waals surface area contributed by atoms with E-state index < -0.39 is 0 Å². The third kappa shape index (κ3) is 2.61. The van der Waals surface area contributed by atoms with Crippen LogP contribution in [0, 0.1) is 17.8 Å². The summed E-state index contributed by atoms with van der Waals surface area (Å²) >= 11 is 0. The van der Waals surface area contributed by atoms with E-state index in [1.807, 2.05) is 25.1 Å². The van der Waals surface area contributed by atoms with Gasteiger partial charge in [0.15, 0.2) is 0 Å². The number of pyridine rings is 1. The largest absolute Gasteiger partial charge is 0.305 e. The van der Waals surface area contributed by atoms with E-state index >= 15 is 0 Å². The number of aromatic nitrogens is 3. The maximum Gasteiger partial charge on any atom is 0.115 e. The first-order valence-corrected chi connectivity index (χ1v) is 5.82. The summed E-state index contributed by atoms with van der Waals surface area (Å²) in [6, 6.07) is 3.75. The predicted octanol–water partition coefficient (Wildman–Crippen LogP) is 2.90. The first kappa shape index (κ1) is 12.8. The van der Waals surface area contributed by atoms with E-state index in [-0.39, 0.29) is 0 Å². The molecule has 19 heavy (non-hydrogen) atoms. The molecule has 2 aromatic heterocycles. The molecule has 0 saturated heterocycles. The van der Waals surface area contributed by atoms with Crippen molar-refractivity contribution in [3.8, 4) is 23.6 Å². The summed E-state index contributed by atoms with van der Waals surface area (Å²) in [4.78, 5) is 3.99. The van der Waals surface area contributed by atoms with Crippen molar-refractivity contribution in [3.63, 3.8) is 0 Å². The minimum Gasteiger partial charge on any atom is -0.305 e. The van der Waals surface area contributed by atoms with Crippen LogP contribution in [0.15, 0.2) is 30.1 Å². The van der Waals surface area contributed by atoms with E-state index in [4.69, 9.17) is 11.8 Å². The van der Waals surface area contributed by atoms with Crippen LogP contribution in [0.5, 0.6) is 0 Å². The lowest BCUT2D eigenvalue weighted by atomic mass is 10.0. The summed E-state index contributed by atoms with van der Waals surface area (Å²) in [7, 11) is 0. The van der Waals surface area contributed by atoms with Crippen molar-refractivity contribution < 1.29 is 0 Å². The molecule has 2 heterocycles. The molecule has 0 aliphatic rings. The summed E-state index contributed by atoms with van der Waals surface area (Å²) in [5.41, 5.74) is 4.52. The number of hydrogen-bond acceptors (Lipinski definition) is 3. The summed E-state index contributed by atoms with van der Waals surface area (Å²) in [5.74, 6) is 2.58. The number of hydrogen-bond donors (Lipinski definition) is 2. The molecule has 2 N–H and O–H groups in total. The van der Waals surface area contributed by atoms with Gasteiger partial charge in [0.25, 0.3) is 0 Å². The molecule has 94 valence electrons. The smallest absolute Gasteiger partial charge is 0.115 e. The Hall–Kier alpha value is -2.67. The molecule has 2 rings (SSSR count). The molecule has 2 aromatic rings. The zero-order valence-corrected chi connectivity index (χ0v) is 10.9. The number of allylic oxidation sites excluding steroid dienone is 1. The predicted molar refractivity (Wildman–Crippen MR) is 76.8 cm³/mol. The second-order valence-electron chi connectivity index (χ2n) is 4.19. The van der Waals surface area contributed by atoms with Crippen molar-refractivity contribution in [3.05, 3.63) is 41.4 Å². The molecule has 0 aliphatic heterocycles. The molecule has 0 aromatic carbocycles. The highest BCUT2D eigenvalue weighted by molar-refractivity contribution is 6.00. The molecule has 0 aliphatic carbocycles. The van der Waals surface area contributed by atoms with E-state index in [0.29, 0.717) is 11.4 Å². The fourth-order valence-corrected chi connectivity index (χ4v) is 1.66. The molecule has 0 bridgehead atoms. The lowest BCUT2D eigenvalue weighted by molar-refractivity contribution is 1.08. The zero-order valence-electron chi connectivity index (χ0n) is 10.9. The number of nitrogens with zero attached hydrogens (tertiary/aromatic N) is 2. The quantitative estimate of drug-likeness (QED) is 0.649. The van der Waals surface area contributed by atoms with Crippen molar-refractivity contribution in [2.45, 2.75) is 13.8 Å². The maximum atomic E-state index is 7.64. The summed E-state index contributed by atoms with van der Waals surface area (Å²) in [5, 5.41) is 14.7. The molecule has 4 heteroatoms. The third-order valence-electron chi connectivity index (χ3n) is 2.85. The Morgan fingerprint density at radius 2 is 2.05 bits per heavy atom. The van der Waals surface area contributed by atoms with Gasteiger partial charge in [0, 0.05) is 29.2 Å². The van der Waals surface area contributed by atoms with Crippen molar-refractivity contribution in [1.82, 2.24) is 15.2 Å². The summed E-state index contributed by atoms with van der Waals surface area (Å²) < 4.78 is 0. The molecule has 0 saturated carbocycles. The summed E-state index contributed by atoms with van der Waals surface area (Å²) in [6.45, 7) is 3.62. The lowest BCUT2D eigenvalue weighted by Gasteiger charge is -2.01. The lowest BCUT2D eigenvalue weighted by Crippen LogP contribution is -1.91. The van der Waals surface area contributed by atoms with Crippen LogP contribution >= 0.6 is 0 Å². The van der Waals surface area contributed by atoms with Gasteiger partial charge in [-0.2, -0.15) is 5.10 Å². The molecule has 0 amide bonds. The van der Waals surface area contributed by atoms with Crippen molar-refractivity contribution in [1.29, 1.82) is 5.41 Å². The van der Waals surface area contributed by atoms with Crippen LogP contribution in [0.3, 0.4) is 0 Å². The van der Waals surface area contributed by atoms with Crippen molar-refractivity contribution in [2.75, 3.05) is 0 Å². The Morgan fingerprint density at radius 3 is 2.63 bits per heavy atom. The van der Waals surface area contributed by atoms with Gasteiger partial charge in [-0.15, -0.1) is 6.42 Å². The first-order chi connectivity index (χ1) is 9.13. The molecule has 0 radical (unpaired) electrons. The van der Waals surface area contributed by atoms with Gasteiger partial charge in [-0.05, 0) is 37.6 Å². The SMILES string of the molecule is C#Cc1[nH]nc(-c2ccncc2)c1C=C(C)C(C)=N. The highest BCUT2D eigenvalue weighted by Crippen LogP contribution is 2.25. The average Bonchev–Trinajstić information content (AvgIpc) is 2.82. The fourth-order valence-electron chi connectivity index (χ4n) is 1.66. The molecule has 0 fully saturated rings. The Balaban J connectivity index is 2.60. The van der Waals surface area contributed by atoms with Gasteiger partial charge in [-0.25, -0.2) is 0 Å². The zero-order chi connectivity index (χ0) is 13.8. The maximum absolute atomic E-state index is 7.64. The third-order valence-corrected chi connectivity index (χ3v) is 2.85. The van der Waals surface area contributed by atoms with Crippen LogP contribution in [0.25, 0.3) is 17.3 Å². The van der Waals surface area contributed by atoms with Crippen LogP contribution in [0.4, 0.5) is 0 Å². The number of H-pyrrole nitrogens is 1. The number of aromatic amines is 1. The molecular formula is C15H14N4. The number of terminal acetylenes is 1. The second-order valence-corrected chi connectivity index (χ2v) is 4.19. The second kappa shape index (κ2) is 5.32. The average molecular weight is 250 g/mol. The van der Waals surface area contributed by atoms with Crippen LogP contribution in [0.2, 0.25) is 0 Å². The Labute approximate surface area is 112 Å². The van der Waals surface area contributed by atoms with Gasteiger partial charge in [0.05, 0.1) is 0 Å². The molecule has 0 spiro atoms. The monoisotopic (exact) mass is 250 g/mol. The Kier molecular flexibility index (Phi) is 3.58.